The number of nitrogens with one attached hydrogen (secondary N) is 2. The van der Waals surface area contributed by atoms with Crippen LogP contribution in [0, 0.1) is 0 Å². The van der Waals surface area contributed by atoms with Crippen molar-refractivity contribution in [3.05, 3.63) is 42.2 Å². The minimum Gasteiger partial charge on any atom is -0.497 e. The van der Waals surface area contributed by atoms with Crippen molar-refractivity contribution in [2.45, 2.75) is 32.6 Å². The number of anilines is 2. The quantitative estimate of drug-likeness (QED) is 0.654. The molecule has 2 N–H and O–H groups in total. The van der Waals surface area contributed by atoms with Crippen LogP contribution >= 0.6 is 0 Å². The lowest BCUT2D eigenvalue weighted by atomic mass is 10.1. The Hall–Kier alpha value is -2.30. The van der Waals surface area contributed by atoms with Crippen molar-refractivity contribution in [1.82, 2.24) is 9.97 Å². The summed E-state index contributed by atoms with van der Waals surface area (Å²) >= 11 is 0. The van der Waals surface area contributed by atoms with Crippen molar-refractivity contribution in [3.8, 4) is 5.75 Å². The molecular formula is C18H26N4O. The van der Waals surface area contributed by atoms with E-state index in [1.807, 2.05) is 18.2 Å². The number of nitrogens with zero attached hydrogens (tertiary/aromatic N) is 2. The molecule has 5 nitrogen and oxygen atoms in total. The van der Waals surface area contributed by atoms with Crippen LogP contribution in [0.15, 0.2) is 36.7 Å². The number of benzene rings is 1. The molecule has 0 aliphatic rings. The van der Waals surface area contributed by atoms with E-state index in [1.165, 1.54) is 24.8 Å². The Morgan fingerprint density at radius 1 is 1.00 bits per heavy atom. The first kappa shape index (κ1) is 17.1. The molecule has 0 bridgehead atoms. The number of aromatic nitrogens is 2. The molecule has 0 atom stereocenters. The van der Waals surface area contributed by atoms with Crippen LogP contribution in [0.1, 0.15) is 31.7 Å². The zero-order valence-electron chi connectivity index (χ0n) is 14.0. The van der Waals surface area contributed by atoms with Gasteiger partial charge in [0.2, 0.25) is 0 Å². The number of ether oxygens (including phenoxy) is 1. The molecule has 0 aliphatic carbocycles. The molecule has 0 saturated carbocycles. The van der Waals surface area contributed by atoms with Gasteiger partial charge in [-0.05, 0) is 30.5 Å². The van der Waals surface area contributed by atoms with Crippen molar-refractivity contribution in [1.29, 1.82) is 0 Å². The van der Waals surface area contributed by atoms with Gasteiger partial charge < -0.3 is 15.4 Å². The first-order valence-corrected chi connectivity index (χ1v) is 8.24. The Balaban J connectivity index is 1.78. The van der Waals surface area contributed by atoms with Crippen molar-refractivity contribution < 1.29 is 4.74 Å². The summed E-state index contributed by atoms with van der Waals surface area (Å²) < 4.78 is 5.24. The highest BCUT2D eigenvalue weighted by Gasteiger charge is 2.00. The van der Waals surface area contributed by atoms with Gasteiger partial charge >= 0.3 is 0 Å². The van der Waals surface area contributed by atoms with E-state index in [4.69, 9.17) is 4.74 Å². The van der Waals surface area contributed by atoms with E-state index < -0.39 is 0 Å². The fraction of sp³-hybridized carbons (Fsp3) is 0.444. The first-order chi connectivity index (χ1) is 11.3. The molecule has 0 radical (unpaired) electrons. The van der Waals surface area contributed by atoms with Crippen molar-refractivity contribution in [3.63, 3.8) is 0 Å². The van der Waals surface area contributed by atoms with Gasteiger partial charge in [0.25, 0.3) is 0 Å². The van der Waals surface area contributed by atoms with E-state index in [1.54, 1.807) is 13.4 Å². The average Bonchev–Trinajstić information content (AvgIpc) is 2.59. The maximum Gasteiger partial charge on any atom is 0.131 e. The molecule has 0 spiro atoms. The van der Waals surface area contributed by atoms with Gasteiger partial charge in [-0.3, -0.25) is 0 Å². The van der Waals surface area contributed by atoms with Crippen LogP contribution in [0.25, 0.3) is 0 Å². The first-order valence-electron chi connectivity index (χ1n) is 8.24. The molecule has 124 valence electrons. The average molecular weight is 314 g/mol. The van der Waals surface area contributed by atoms with Crippen molar-refractivity contribution in [2.75, 3.05) is 30.8 Å². The molecule has 1 heterocycles. The highest BCUT2D eigenvalue weighted by atomic mass is 16.5. The molecule has 23 heavy (non-hydrogen) atoms. The lowest BCUT2D eigenvalue weighted by molar-refractivity contribution is 0.414. The van der Waals surface area contributed by atoms with E-state index in [2.05, 4.69) is 39.7 Å². The maximum absolute atomic E-state index is 5.24. The van der Waals surface area contributed by atoms with Crippen LogP contribution in [0.3, 0.4) is 0 Å². The zero-order chi connectivity index (χ0) is 16.3. The minimum atomic E-state index is 0.819. The number of rotatable bonds is 10. The Kier molecular flexibility index (Phi) is 7.17. The van der Waals surface area contributed by atoms with E-state index in [0.29, 0.717) is 0 Å². The molecule has 0 unspecified atom stereocenters. The van der Waals surface area contributed by atoms with Crippen LogP contribution in [0.5, 0.6) is 5.75 Å². The molecule has 5 heteroatoms. The Labute approximate surface area is 138 Å². The SMILES string of the molecule is CCCCCNc1cc(NCCc2cccc(OC)c2)ncn1. The van der Waals surface area contributed by atoms with E-state index in [0.717, 1.165) is 36.9 Å². The van der Waals surface area contributed by atoms with Gasteiger partial charge in [-0.15, -0.1) is 0 Å². The summed E-state index contributed by atoms with van der Waals surface area (Å²) in [5.41, 5.74) is 1.24. The molecule has 1 aromatic heterocycles. The van der Waals surface area contributed by atoms with Crippen LogP contribution in [-0.2, 0) is 6.42 Å². The largest absolute Gasteiger partial charge is 0.497 e. The second kappa shape index (κ2) is 9.66. The second-order valence-electron chi connectivity index (χ2n) is 5.45. The number of hydrogen-bond acceptors (Lipinski definition) is 5. The van der Waals surface area contributed by atoms with Crippen LogP contribution in [0.2, 0.25) is 0 Å². The van der Waals surface area contributed by atoms with Crippen molar-refractivity contribution >= 4 is 11.6 Å². The van der Waals surface area contributed by atoms with Crippen LogP contribution in [-0.4, -0.2) is 30.2 Å². The predicted octanol–water partition coefficient (Wildman–Crippen LogP) is 3.74. The fourth-order valence-corrected chi connectivity index (χ4v) is 2.30. The topological polar surface area (TPSA) is 59.1 Å². The molecular weight excluding hydrogens is 288 g/mol. The second-order valence-corrected chi connectivity index (χ2v) is 5.45. The third-order valence-corrected chi connectivity index (χ3v) is 3.61. The summed E-state index contributed by atoms with van der Waals surface area (Å²) in [4.78, 5) is 8.51. The summed E-state index contributed by atoms with van der Waals surface area (Å²) in [6.07, 6.45) is 6.14. The van der Waals surface area contributed by atoms with Crippen molar-refractivity contribution in [2.24, 2.45) is 0 Å². The van der Waals surface area contributed by atoms with Crippen LogP contribution < -0.4 is 15.4 Å². The summed E-state index contributed by atoms with van der Waals surface area (Å²) in [5, 5.41) is 6.68. The summed E-state index contributed by atoms with van der Waals surface area (Å²) in [7, 11) is 1.69. The van der Waals surface area contributed by atoms with E-state index in [9.17, 15) is 0 Å². The lowest BCUT2D eigenvalue weighted by Gasteiger charge is -2.09. The minimum absolute atomic E-state index is 0.819. The third kappa shape index (κ3) is 6.14. The van der Waals surface area contributed by atoms with Gasteiger partial charge in [-0.2, -0.15) is 0 Å². The smallest absolute Gasteiger partial charge is 0.131 e. The fourth-order valence-electron chi connectivity index (χ4n) is 2.30. The predicted molar refractivity (Wildman–Crippen MR) is 95.2 cm³/mol. The lowest BCUT2D eigenvalue weighted by Crippen LogP contribution is -2.08. The standard InChI is InChI=1S/C18H26N4O/c1-3-4-5-10-19-17-13-18(22-14-21-17)20-11-9-15-7-6-8-16(12-15)23-2/h6-8,12-14H,3-5,9-11H2,1-2H3,(H2,19,20,21,22). The summed E-state index contributed by atoms with van der Waals surface area (Å²) in [5.74, 6) is 2.61. The highest BCUT2D eigenvalue weighted by Crippen LogP contribution is 2.13. The molecule has 0 saturated heterocycles. The Morgan fingerprint density at radius 3 is 2.52 bits per heavy atom. The maximum atomic E-state index is 5.24. The van der Waals surface area contributed by atoms with Gasteiger partial charge in [0.05, 0.1) is 7.11 Å². The third-order valence-electron chi connectivity index (χ3n) is 3.61. The van der Waals surface area contributed by atoms with Crippen LogP contribution in [0.4, 0.5) is 11.6 Å². The van der Waals surface area contributed by atoms with Gasteiger partial charge in [0.1, 0.15) is 23.7 Å². The number of hydrogen-bond donors (Lipinski definition) is 2. The zero-order valence-corrected chi connectivity index (χ0v) is 14.0. The van der Waals surface area contributed by atoms with Gasteiger partial charge in [0, 0.05) is 19.2 Å². The summed E-state index contributed by atoms with van der Waals surface area (Å²) in [6.45, 7) is 3.97. The normalized spacial score (nSPS) is 10.3. The van der Waals surface area contributed by atoms with Gasteiger partial charge in [0.15, 0.2) is 0 Å². The molecule has 1 aromatic carbocycles. The molecule has 0 amide bonds. The van der Waals surface area contributed by atoms with Gasteiger partial charge in [-0.25, -0.2) is 9.97 Å². The molecule has 0 aliphatic heterocycles. The molecule has 2 aromatic rings. The Morgan fingerprint density at radius 2 is 1.78 bits per heavy atom. The molecule has 0 fully saturated rings. The Bertz CT molecular complexity index is 589. The van der Waals surface area contributed by atoms with E-state index >= 15 is 0 Å². The van der Waals surface area contributed by atoms with E-state index in [-0.39, 0.29) is 0 Å². The number of methoxy groups -OCH3 is 1. The summed E-state index contributed by atoms with van der Waals surface area (Å²) in [6, 6.07) is 10.1. The van der Waals surface area contributed by atoms with Gasteiger partial charge in [-0.1, -0.05) is 31.9 Å². The highest BCUT2D eigenvalue weighted by molar-refractivity contribution is 5.46. The molecule has 2 rings (SSSR count). The number of unbranched alkanes of at least 4 members (excludes halogenated alkanes) is 2. The monoisotopic (exact) mass is 314 g/mol.